The summed E-state index contributed by atoms with van der Waals surface area (Å²) in [6.45, 7) is 10.8. The molecule has 2 N–H and O–H groups in total. The zero-order valence-electron chi connectivity index (χ0n) is 13.5. The van der Waals surface area contributed by atoms with Crippen molar-refractivity contribution < 1.29 is 19.8 Å². The largest absolute Gasteiger partial charge is 0.479 e. The van der Waals surface area contributed by atoms with Crippen LogP contribution in [0.25, 0.3) is 0 Å². The fourth-order valence-electron chi connectivity index (χ4n) is 3.74. The Bertz CT molecular complexity index is 495. The van der Waals surface area contributed by atoms with Crippen LogP contribution in [-0.2, 0) is 4.79 Å². The lowest BCUT2D eigenvalue weighted by atomic mass is 9.59. The van der Waals surface area contributed by atoms with Crippen molar-refractivity contribution >= 4 is 12.1 Å². The van der Waals surface area contributed by atoms with Gasteiger partial charge >= 0.3 is 12.1 Å². The van der Waals surface area contributed by atoms with Gasteiger partial charge in [-0.1, -0.05) is 41.5 Å². The molecule has 1 fully saturated rings. The standard InChI is InChI=1S/C15H24N2O4/c1-13(2,3)10-7-9(8-16)17(12(20)21)15(10,11(18)19)14(4,5)6/h9-10H,7H2,1-6H3,(H,18,19)(H,20,21)/t9?,10?,15-/m1/s1. The van der Waals surface area contributed by atoms with Crippen molar-refractivity contribution in [1.29, 1.82) is 5.26 Å². The summed E-state index contributed by atoms with van der Waals surface area (Å²) in [5.41, 5.74) is -2.91. The van der Waals surface area contributed by atoms with Gasteiger partial charge in [0.25, 0.3) is 0 Å². The lowest BCUT2D eigenvalue weighted by molar-refractivity contribution is -0.163. The molecule has 1 heterocycles. The highest BCUT2D eigenvalue weighted by Gasteiger charge is 2.68. The Balaban J connectivity index is 3.73. The molecule has 6 heteroatoms. The Labute approximate surface area is 125 Å². The number of amides is 1. The van der Waals surface area contributed by atoms with E-state index in [4.69, 9.17) is 0 Å². The first-order valence-electron chi connectivity index (χ1n) is 6.97. The molecule has 118 valence electrons. The van der Waals surface area contributed by atoms with Gasteiger partial charge in [-0.2, -0.15) is 5.26 Å². The number of rotatable bonds is 1. The van der Waals surface area contributed by atoms with Crippen LogP contribution in [-0.4, -0.2) is 38.8 Å². The number of nitriles is 1. The van der Waals surface area contributed by atoms with Crippen LogP contribution < -0.4 is 0 Å². The molecule has 2 unspecified atom stereocenters. The van der Waals surface area contributed by atoms with Crippen molar-refractivity contribution in [1.82, 2.24) is 4.90 Å². The molecule has 3 atom stereocenters. The van der Waals surface area contributed by atoms with Gasteiger partial charge in [0.2, 0.25) is 0 Å². The maximum Gasteiger partial charge on any atom is 0.409 e. The molecular weight excluding hydrogens is 272 g/mol. The molecule has 0 saturated carbocycles. The topological polar surface area (TPSA) is 102 Å². The zero-order valence-corrected chi connectivity index (χ0v) is 13.5. The number of likely N-dealkylation sites (tertiary alicyclic amines) is 1. The van der Waals surface area contributed by atoms with E-state index < -0.39 is 40.4 Å². The van der Waals surface area contributed by atoms with Gasteiger partial charge in [-0.25, -0.2) is 9.59 Å². The molecule has 0 aromatic rings. The Morgan fingerprint density at radius 3 is 1.90 bits per heavy atom. The lowest BCUT2D eigenvalue weighted by Crippen LogP contribution is -2.66. The van der Waals surface area contributed by atoms with Gasteiger partial charge in [-0.15, -0.1) is 0 Å². The molecule has 0 aromatic carbocycles. The van der Waals surface area contributed by atoms with E-state index in [2.05, 4.69) is 0 Å². The van der Waals surface area contributed by atoms with E-state index in [0.29, 0.717) is 0 Å². The minimum absolute atomic E-state index is 0.232. The normalized spacial score (nSPS) is 30.0. The number of carboxylic acid groups (broad SMARTS) is 2. The third-order valence-electron chi connectivity index (χ3n) is 4.52. The van der Waals surface area contributed by atoms with Crippen LogP contribution in [0.4, 0.5) is 4.79 Å². The van der Waals surface area contributed by atoms with E-state index in [-0.39, 0.29) is 6.42 Å². The van der Waals surface area contributed by atoms with Gasteiger partial charge in [0.15, 0.2) is 5.54 Å². The Morgan fingerprint density at radius 1 is 1.19 bits per heavy atom. The Kier molecular flexibility index (Phi) is 4.03. The van der Waals surface area contributed by atoms with Crippen molar-refractivity contribution in [2.75, 3.05) is 0 Å². The number of hydrogen-bond acceptors (Lipinski definition) is 3. The number of nitrogens with zero attached hydrogens (tertiary/aromatic N) is 2. The monoisotopic (exact) mass is 296 g/mol. The number of aliphatic carboxylic acids is 1. The first kappa shape index (κ1) is 17.3. The van der Waals surface area contributed by atoms with Gasteiger partial charge in [-0.05, 0) is 17.3 Å². The van der Waals surface area contributed by atoms with Gasteiger partial charge in [0.1, 0.15) is 6.04 Å². The van der Waals surface area contributed by atoms with Crippen LogP contribution >= 0.6 is 0 Å². The lowest BCUT2D eigenvalue weighted by Gasteiger charge is -2.50. The third kappa shape index (κ3) is 2.35. The third-order valence-corrected chi connectivity index (χ3v) is 4.52. The van der Waals surface area contributed by atoms with Gasteiger partial charge in [-0.3, -0.25) is 4.90 Å². The first-order chi connectivity index (χ1) is 9.31. The highest BCUT2D eigenvalue weighted by atomic mass is 16.4. The van der Waals surface area contributed by atoms with E-state index in [1.807, 2.05) is 26.8 Å². The average Bonchev–Trinajstić information content (AvgIpc) is 2.63. The first-order valence-corrected chi connectivity index (χ1v) is 6.97. The number of carbonyl (C=O) groups is 2. The maximum absolute atomic E-state index is 12.2. The summed E-state index contributed by atoms with van der Waals surface area (Å²) in [5, 5.41) is 28.8. The summed E-state index contributed by atoms with van der Waals surface area (Å²) >= 11 is 0. The van der Waals surface area contributed by atoms with Crippen LogP contribution in [0.1, 0.15) is 48.0 Å². The van der Waals surface area contributed by atoms with Gasteiger partial charge in [0.05, 0.1) is 6.07 Å². The quantitative estimate of drug-likeness (QED) is 0.774. The number of hydrogen-bond donors (Lipinski definition) is 2. The SMILES string of the molecule is CC(C)(C)C1CC(C#N)N(C(=O)O)[C@]1(C(=O)O)C(C)(C)C. The fraction of sp³-hybridized carbons (Fsp3) is 0.800. The molecule has 21 heavy (non-hydrogen) atoms. The molecular formula is C15H24N2O4. The highest BCUT2D eigenvalue weighted by molar-refractivity contribution is 5.87. The molecule has 6 nitrogen and oxygen atoms in total. The minimum atomic E-state index is -1.63. The highest BCUT2D eigenvalue weighted by Crippen LogP contribution is 2.55. The Hall–Kier alpha value is -1.77. The van der Waals surface area contributed by atoms with Gasteiger partial charge < -0.3 is 10.2 Å². The summed E-state index contributed by atoms with van der Waals surface area (Å²) in [5.74, 6) is -1.64. The second kappa shape index (κ2) is 4.90. The molecule has 0 aromatic heterocycles. The van der Waals surface area contributed by atoms with Crippen molar-refractivity contribution in [2.24, 2.45) is 16.7 Å². The van der Waals surface area contributed by atoms with E-state index in [0.717, 1.165) is 4.90 Å². The molecule has 0 spiro atoms. The van der Waals surface area contributed by atoms with E-state index >= 15 is 0 Å². The van der Waals surface area contributed by atoms with Crippen LogP contribution in [0.3, 0.4) is 0 Å². The predicted molar refractivity (Wildman–Crippen MR) is 76.6 cm³/mol. The zero-order chi connectivity index (χ0) is 16.8. The molecule has 0 radical (unpaired) electrons. The molecule has 1 saturated heterocycles. The van der Waals surface area contributed by atoms with Gasteiger partial charge in [0, 0.05) is 5.92 Å². The second-order valence-corrected chi connectivity index (χ2v) is 7.77. The molecule has 0 aliphatic carbocycles. The van der Waals surface area contributed by atoms with Crippen molar-refractivity contribution in [3.05, 3.63) is 0 Å². The predicted octanol–water partition coefficient (Wildman–Crippen LogP) is 2.79. The fourth-order valence-corrected chi connectivity index (χ4v) is 3.74. The van der Waals surface area contributed by atoms with Crippen LogP contribution in [0.5, 0.6) is 0 Å². The van der Waals surface area contributed by atoms with Crippen LogP contribution in [0.2, 0.25) is 0 Å². The van der Waals surface area contributed by atoms with Crippen LogP contribution in [0.15, 0.2) is 0 Å². The second-order valence-electron chi connectivity index (χ2n) is 7.77. The van der Waals surface area contributed by atoms with Crippen molar-refractivity contribution in [2.45, 2.75) is 59.5 Å². The molecule has 1 aliphatic rings. The summed E-state index contributed by atoms with van der Waals surface area (Å²) in [6.07, 6.45) is -1.12. The van der Waals surface area contributed by atoms with Crippen LogP contribution in [0, 0.1) is 28.1 Å². The smallest absolute Gasteiger partial charge is 0.409 e. The van der Waals surface area contributed by atoms with Crippen molar-refractivity contribution in [3.8, 4) is 6.07 Å². The number of carboxylic acids is 1. The summed E-state index contributed by atoms with van der Waals surface area (Å²) in [6, 6.07) is 1.02. The van der Waals surface area contributed by atoms with E-state index in [1.54, 1.807) is 20.8 Å². The maximum atomic E-state index is 12.2. The van der Waals surface area contributed by atoms with Crippen molar-refractivity contribution in [3.63, 3.8) is 0 Å². The van der Waals surface area contributed by atoms with E-state index in [9.17, 15) is 25.1 Å². The molecule has 0 bridgehead atoms. The Morgan fingerprint density at radius 2 is 1.67 bits per heavy atom. The molecule has 1 rings (SSSR count). The molecule has 1 aliphatic heterocycles. The van der Waals surface area contributed by atoms with E-state index in [1.165, 1.54) is 0 Å². The molecule has 1 amide bonds. The summed E-state index contributed by atoms with van der Waals surface area (Å²) < 4.78 is 0. The summed E-state index contributed by atoms with van der Waals surface area (Å²) in [7, 11) is 0. The minimum Gasteiger partial charge on any atom is -0.479 e. The summed E-state index contributed by atoms with van der Waals surface area (Å²) in [4.78, 5) is 24.8. The average molecular weight is 296 g/mol.